The first kappa shape index (κ1) is 42.1. The molecular formula is C42H56B3BrN2O6. The van der Waals surface area contributed by atoms with Crippen LogP contribution in [0.2, 0.25) is 0 Å². The minimum absolute atomic E-state index is 0.336. The van der Waals surface area contributed by atoms with E-state index in [1.807, 2.05) is 165 Å². The van der Waals surface area contributed by atoms with Crippen LogP contribution in [0.4, 0.5) is 22.7 Å². The zero-order valence-electron chi connectivity index (χ0n) is 34.0. The van der Waals surface area contributed by atoms with E-state index >= 15 is 0 Å². The molecule has 0 bridgehead atoms. The van der Waals surface area contributed by atoms with Crippen molar-refractivity contribution >= 4 is 65.3 Å². The fourth-order valence-corrected chi connectivity index (χ4v) is 6.09. The Balaban J connectivity index is 0.000000160. The Morgan fingerprint density at radius 3 is 1.11 bits per heavy atom. The van der Waals surface area contributed by atoms with E-state index in [1.54, 1.807) is 0 Å². The van der Waals surface area contributed by atoms with Crippen molar-refractivity contribution in [2.75, 3.05) is 10.6 Å². The van der Waals surface area contributed by atoms with Gasteiger partial charge in [-0.2, -0.15) is 0 Å². The molecule has 0 atom stereocenters. The van der Waals surface area contributed by atoms with Crippen molar-refractivity contribution in [2.24, 2.45) is 0 Å². The summed E-state index contributed by atoms with van der Waals surface area (Å²) in [7, 11) is -1.32. The van der Waals surface area contributed by atoms with Gasteiger partial charge in [0.05, 0.1) is 39.3 Å². The summed E-state index contributed by atoms with van der Waals surface area (Å²) in [4.78, 5) is 0. The lowest BCUT2D eigenvalue weighted by atomic mass is 9.49. The van der Waals surface area contributed by atoms with E-state index in [4.69, 9.17) is 27.9 Å². The van der Waals surface area contributed by atoms with E-state index in [2.05, 4.69) is 54.3 Å². The van der Waals surface area contributed by atoms with Crippen LogP contribution in [0.1, 0.15) is 83.1 Å². The molecule has 2 N–H and O–H groups in total. The second-order valence-corrected chi connectivity index (χ2v) is 17.7. The third-order valence-corrected chi connectivity index (χ3v) is 11.9. The van der Waals surface area contributed by atoms with E-state index in [0.29, 0.717) is 0 Å². The van der Waals surface area contributed by atoms with Crippen LogP contribution in [0.3, 0.4) is 0 Å². The predicted octanol–water partition coefficient (Wildman–Crippen LogP) is 10.2. The summed E-state index contributed by atoms with van der Waals surface area (Å²) in [5.41, 5.74) is 3.14. The molecule has 3 aliphatic heterocycles. The molecule has 3 heterocycles. The number of para-hydroxylation sites is 4. The van der Waals surface area contributed by atoms with Gasteiger partial charge in [-0.05, 0) is 141 Å². The molecule has 0 spiro atoms. The molecule has 0 saturated carbocycles. The second kappa shape index (κ2) is 16.2. The molecule has 0 aliphatic carbocycles. The molecule has 54 heavy (non-hydrogen) atoms. The van der Waals surface area contributed by atoms with E-state index < -0.39 is 14.0 Å². The molecule has 0 radical (unpaired) electrons. The van der Waals surface area contributed by atoms with E-state index in [-0.39, 0.29) is 40.7 Å². The van der Waals surface area contributed by atoms with E-state index in [0.717, 1.165) is 32.7 Å². The molecule has 4 aromatic rings. The van der Waals surface area contributed by atoms with Crippen LogP contribution in [-0.4, -0.2) is 54.7 Å². The fraction of sp³-hybridized carbons (Fsp3) is 0.429. The molecule has 3 fully saturated rings. The summed E-state index contributed by atoms with van der Waals surface area (Å²) in [5, 5.41) is 6.77. The number of hydrogen-bond acceptors (Lipinski definition) is 8. The third kappa shape index (κ3) is 9.64. The largest absolute Gasteiger partial charge is 0.496 e. The predicted molar refractivity (Wildman–Crippen MR) is 228 cm³/mol. The van der Waals surface area contributed by atoms with Crippen LogP contribution in [0.25, 0.3) is 0 Å². The molecule has 8 nitrogen and oxygen atoms in total. The van der Waals surface area contributed by atoms with Crippen molar-refractivity contribution in [1.82, 2.24) is 0 Å². The van der Waals surface area contributed by atoms with E-state index in [9.17, 15) is 0 Å². The molecule has 4 aromatic carbocycles. The number of halogens is 1. The first-order valence-corrected chi connectivity index (χ1v) is 19.5. The number of anilines is 4. The van der Waals surface area contributed by atoms with Crippen molar-refractivity contribution in [3.63, 3.8) is 0 Å². The highest BCUT2D eigenvalue weighted by Gasteiger charge is 2.63. The quantitative estimate of drug-likeness (QED) is 0.187. The lowest BCUT2D eigenvalue weighted by molar-refractivity contribution is 0.00578. The minimum Gasteiger partial charge on any atom is -0.405 e. The lowest BCUT2D eigenvalue weighted by Crippen LogP contribution is -2.41. The van der Waals surface area contributed by atoms with Crippen LogP contribution in [-0.2, 0) is 27.9 Å². The zero-order chi connectivity index (χ0) is 39.6. The molecule has 3 aliphatic rings. The third-order valence-electron chi connectivity index (χ3n) is 11.2. The van der Waals surface area contributed by atoms with Gasteiger partial charge in [-0.25, -0.2) is 0 Å². The van der Waals surface area contributed by atoms with Gasteiger partial charge in [-0.15, -0.1) is 0 Å². The Kier molecular flexibility index (Phi) is 12.6. The summed E-state index contributed by atoms with van der Waals surface area (Å²) in [6, 6.07) is 36.4. The highest BCUT2D eigenvalue weighted by molar-refractivity contribution is 9.10. The van der Waals surface area contributed by atoms with Gasteiger partial charge in [0.15, 0.2) is 0 Å². The molecule has 286 valence electrons. The second-order valence-electron chi connectivity index (χ2n) is 16.9. The Hall–Kier alpha value is -3.09. The molecule has 0 aromatic heterocycles. The monoisotopic (exact) mass is 796 g/mol. The first-order chi connectivity index (χ1) is 25.1. The van der Waals surface area contributed by atoms with Crippen molar-refractivity contribution in [1.29, 1.82) is 0 Å². The van der Waals surface area contributed by atoms with Crippen molar-refractivity contribution in [2.45, 2.75) is 117 Å². The van der Waals surface area contributed by atoms with Crippen LogP contribution >= 0.6 is 15.9 Å². The molecule has 3 saturated heterocycles. The van der Waals surface area contributed by atoms with Crippen LogP contribution in [0.5, 0.6) is 0 Å². The maximum Gasteiger partial charge on any atom is 0.496 e. The van der Waals surface area contributed by atoms with Crippen molar-refractivity contribution < 1.29 is 27.9 Å². The van der Waals surface area contributed by atoms with Gasteiger partial charge >= 0.3 is 21.1 Å². The fourth-order valence-electron chi connectivity index (χ4n) is 5.70. The summed E-state index contributed by atoms with van der Waals surface area (Å²) in [6.07, 6.45) is 0. The topological polar surface area (TPSA) is 79.4 Å². The number of benzene rings is 4. The summed E-state index contributed by atoms with van der Waals surface area (Å²) in [6.45, 7) is 24.5. The molecule has 12 heteroatoms. The Bertz CT molecular complexity index is 1760. The SMILES string of the molecule is Brc1ccccc1Nc1ccccc1.CC1(C)OB(B2OC(C)(C)C(C)(C)O2)OC1(C)C.CC1(C)OB(c2ccccc2Nc2ccccc2)OC1(C)C. The average Bonchev–Trinajstić information content (AvgIpc) is 3.56. The lowest BCUT2D eigenvalue weighted by Gasteiger charge is -2.32. The molecule has 7 rings (SSSR count). The number of nitrogens with one attached hydrogen (secondary N) is 2. The first-order valence-electron chi connectivity index (χ1n) is 18.7. The van der Waals surface area contributed by atoms with Gasteiger partial charge in [0, 0.05) is 27.0 Å². The maximum absolute atomic E-state index is 6.17. The zero-order valence-corrected chi connectivity index (χ0v) is 35.5. The van der Waals surface area contributed by atoms with Gasteiger partial charge in [0.2, 0.25) is 0 Å². The maximum atomic E-state index is 6.17. The molecular weight excluding hydrogens is 741 g/mol. The standard InChI is InChI=1S/C18H22BNO2.C12H24B2O4.C12H10BrN/c1-17(2)18(3,4)22-19(21-17)15-12-8-9-13-16(15)20-14-10-6-5-7-11-14;1-9(2)10(3,4)16-13(15-9)14-17-11(5,6)12(7,8)18-14;13-11-8-4-5-9-12(11)14-10-6-2-1-3-7-10/h5-13,20H,1-4H3;1-8H3;1-9,14H. The Morgan fingerprint density at radius 2 is 0.704 bits per heavy atom. The summed E-state index contributed by atoms with van der Waals surface area (Å²) in [5.74, 6) is 0. The highest BCUT2D eigenvalue weighted by atomic mass is 79.9. The van der Waals surface area contributed by atoms with Gasteiger partial charge in [-0.3, -0.25) is 0 Å². The smallest absolute Gasteiger partial charge is 0.405 e. The van der Waals surface area contributed by atoms with Gasteiger partial charge in [0.25, 0.3) is 0 Å². The van der Waals surface area contributed by atoms with Gasteiger partial charge in [-0.1, -0.05) is 66.7 Å². The Morgan fingerprint density at radius 1 is 0.389 bits per heavy atom. The van der Waals surface area contributed by atoms with Gasteiger partial charge < -0.3 is 38.6 Å². The molecule has 0 unspecified atom stereocenters. The average molecular weight is 797 g/mol. The van der Waals surface area contributed by atoms with Crippen LogP contribution in [0, 0.1) is 0 Å². The number of hydrogen-bond donors (Lipinski definition) is 2. The molecule has 0 amide bonds. The highest BCUT2D eigenvalue weighted by Crippen LogP contribution is 2.43. The van der Waals surface area contributed by atoms with E-state index in [1.165, 1.54) is 0 Å². The Labute approximate surface area is 332 Å². The minimum atomic E-state index is -0.476. The summed E-state index contributed by atoms with van der Waals surface area (Å²) < 4.78 is 37.3. The summed E-state index contributed by atoms with van der Waals surface area (Å²) >= 11 is 3.49. The van der Waals surface area contributed by atoms with Crippen molar-refractivity contribution in [3.05, 3.63) is 114 Å². The van der Waals surface area contributed by atoms with Crippen LogP contribution in [0.15, 0.2) is 114 Å². The normalized spacial score (nSPS) is 21.0. The number of rotatable bonds is 6. The van der Waals surface area contributed by atoms with Gasteiger partial charge in [0.1, 0.15) is 0 Å². The van der Waals surface area contributed by atoms with Crippen molar-refractivity contribution in [3.8, 4) is 0 Å². The van der Waals surface area contributed by atoms with Crippen LogP contribution < -0.4 is 16.1 Å².